The Balaban J connectivity index is 1.60. The fraction of sp³-hybridized carbons (Fsp3) is 0.423. The van der Waals surface area contributed by atoms with E-state index in [9.17, 15) is 18.8 Å². The Morgan fingerprint density at radius 1 is 1.14 bits per heavy atom. The summed E-state index contributed by atoms with van der Waals surface area (Å²) in [5, 5.41) is 6.01. The van der Waals surface area contributed by atoms with Crippen LogP contribution in [-0.2, 0) is 22.7 Å². The zero-order chi connectivity index (χ0) is 26.0. The van der Waals surface area contributed by atoms with Gasteiger partial charge < -0.3 is 15.1 Å². The van der Waals surface area contributed by atoms with Crippen LogP contribution in [0, 0.1) is 11.7 Å². The predicted octanol–water partition coefficient (Wildman–Crippen LogP) is 3.57. The molecule has 192 valence electrons. The van der Waals surface area contributed by atoms with Crippen LogP contribution in [0.3, 0.4) is 0 Å². The lowest BCUT2D eigenvalue weighted by atomic mass is 9.96. The van der Waals surface area contributed by atoms with Gasteiger partial charge in [-0.3, -0.25) is 9.59 Å². The van der Waals surface area contributed by atoms with Gasteiger partial charge in [0, 0.05) is 24.6 Å². The second-order valence-electron chi connectivity index (χ2n) is 9.72. The van der Waals surface area contributed by atoms with E-state index in [0.29, 0.717) is 13.0 Å². The van der Waals surface area contributed by atoms with Gasteiger partial charge in [0.1, 0.15) is 18.0 Å². The maximum atomic E-state index is 13.6. The highest BCUT2D eigenvalue weighted by Gasteiger charge is 2.50. The molecule has 2 saturated heterocycles. The Kier molecular flexibility index (Phi) is 7.94. The van der Waals surface area contributed by atoms with Crippen molar-refractivity contribution in [2.75, 3.05) is 20.1 Å². The number of benzene rings is 2. The molecule has 0 radical (unpaired) electrons. The molecule has 4 amide bonds. The van der Waals surface area contributed by atoms with Crippen molar-refractivity contribution in [3.05, 3.63) is 69.9 Å². The number of urea groups is 1. The highest BCUT2D eigenvalue weighted by Crippen LogP contribution is 2.30. The molecular weight excluding hydrogens is 529 g/mol. The Hall–Kier alpha value is -2.98. The summed E-state index contributed by atoms with van der Waals surface area (Å²) in [7, 11) is 1.69. The summed E-state index contributed by atoms with van der Waals surface area (Å²) in [6.07, 6.45) is -0.136. The summed E-state index contributed by atoms with van der Waals surface area (Å²) in [5.74, 6) is -0.446. The second-order valence-corrected chi connectivity index (χ2v) is 10.6. The Bertz CT molecular complexity index is 1130. The monoisotopic (exact) mass is 559 g/mol. The normalized spacial score (nSPS) is 20.7. The van der Waals surface area contributed by atoms with E-state index in [4.69, 9.17) is 0 Å². The minimum Gasteiger partial charge on any atom is -0.333 e. The van der Waals surface area contributed by atoms with Crippen LogP contribution in [-0.4, -0.2) is 70.0 Å². The number of piperazine rings is 1. The smallest absolute Gasteiger partial charge is 0.333 e. The van der Waals surface area contributed by atoms with Crippen molar-refractivity contribution < 1.29 is 18.8 Å². The van der Waals surface area contributed by atoms with Gasteiger partial charge in [-0.1, -0.05) is 54.0 Å². The number of nitrogens with one attached hydrogen (secondary N) is 1. The Morgan fingerprint density at radius 3 is 2.53 bits per heavy atom. The fourth-order valence-electron chi connectivity index (χ4n) is 4.84. The van der Waals surface area contributed by atoms with E-state index in [0.717, 1.165) is 15.6 Å². The van der Waals surface area contributed by atoms with Gasteiger partial charge >= 0.3 is 6.03 Å². The average molecular weight is 560 g/mol. The van der Waals surface area contributed by atoms with Crippen LogP contribution in [0.1, 0.15) is 31.4 Å². The number of amides is 4. The first kappa shape index (κ1) is 26.1. The maximum absolute atomic E-state index is 13.6. The van der Waals surface area contributed by atoms with E-state index in [1.165, 1.54) is 17.1 Å². The number of hydrazine groups is 1. The van der Waals surface area contributed by atoms with Gasteiger partial charge in [0.15, 0.2) is 0 Å². The third-order valence-electron chi connectivity index (χ3n) is 6.46. The van der Waals surface area contributed by atoms with Crippen LogP contribution in [0.5, 0.6) is 0 Å². The summed E-state index contributed by atoms with van der Waals surface area (Å²) < 4.78 is 14.2. The first-order valence-corrected chi connectivity index (χ1v) is 12.8. The molecule has 0 unspecified atom stereocenters. The molecular formula is C26H31BrFN5O3. The van der Waals surface area contributed by atoms with Crippen LogP contribution in [0.25, 0.3) is 0 Å². The van der Waals surface area contributed by atoms with Crippen molar-refractivity contribution in [2.45, 2.75) is 45.6 Å². The fourth-order valence-corrected chi connectivity index (χ4v) is 5.29. The Morgan fingerprint density at radius 2 is 1.86 bits per heavy atom. The van der Waals surface area contributed by atoms with Crippen LogP contribution >= 0.6 is 15.9 Å². The lowest BCUT2D eigenvalue weighted by molar-refractivity contribution is -0.188. The van der Waals surface area contributed by atoms with Gasteiger partial charge in [-0.15, -0.1) is 0 Å². The number of hydrogen-bond donors (Lipinski definition) is 1. The topological polar surface area (TPSA) is 76.2 Å². The molecule has 10 heteroatoms. The van der Waals surface area contributed by atoms with E-state index in [1.54, 1.807) is 34.0 Å². The number of hydrogen-bond acceptors (Lipinski definition) is 4. The van der Waals surface area contributed by atoms with Gasteiger partial charge in [-0.05, 0) is 47.7 Å². The highest BCUT2D eigenvalue weighted by atomic mass is 79.9. The molecule has 0 aliphatic carbocycles. The minimum atomic E-state index is -0.649. The first-order valence-electron chi connectivity index (χ1n) is 12.0. The van der Waals surface area contributed by atoms with Gasteiger partial charge in [0.05, 0.1) is 13.1 Å². The number of nitrogens with zero attached hydrogens (tertiary/aromatic N) is 4. The van der Waals surface area contributed by atoms with Crippen LogP contribution < -0.4 is 5.32 Å². The lowest BCUT2D eigenvalue weighted by Gasteiger charge is -2.54. The summed E-state index contributed by atoms with van der Waals surface area (Å²) >= 11 is 3.48. The van der Waals surface area contributed by atoms with Crippen molar-refractivity contribution in [1.82, 2.24) is 25.1 Å². The number of carbonyl (C=O) groups excluding carboxylic acids is 3. The number of fused-ring (bicyclic) bond motifs is 1. The quantitative estimate of drug-likeness (QED) is 0.587. The van der Waals surface area contributed by atoms with Crippen LogP contribution in [0.4, 0.5) is 9.18 Å². The van der Waals surface area contributed by atoms with Gasteiger partial charge in [0.25, 0.3) is 0 Å². The molecule has 2 heterocycles. The molecule has 2 aromatic carbocycles. The average Bonchev–Trinajstić information content (AvgIpc) is 2.81. The van der Waals surface area contributed by atoms with E-state index < -0.39 is 12.2 Å². The molecule has 2 aromatic rings. The molecule has 0 saturated carbocycles. The third-order valence-corrected chi connectivity index (χ3v) is 6.95. The van der Waals surface area contributed by atoms with E-state index >= 15 is 0 Å². The van der Waals surface area contributed by atoms with Crippen LogP contribution in [0.15, 0.2) is 53.0 Å². The maximum Gasteiger partial charge on any atom is 0.334 e. The lowest BCUT2D eigenvalue weighted by Crippen LogP contribution is -2.75. The standard InChI is InChI=1S/C26H31BrFN5O3/c1-17(2)11-22-25(35)31(14-19-5-4-6-20(27)12-19)15-23-32(22)24(34)16-30(3)33(23)26(36)29-13-18-7-9-21(28)10-8-18/h4-10,12,17,22-23H,11,13-16H2,1-3H3,(H,29,36)/t22-,23-/m0/s1. The Labute approximate surface area is 219 Å². The molecule has 4 rings (SSSR count). The molecule has 1 N–H and O–H groups in total. The summed E-state index contributed by atoms with van der Waals surface area (Å²) in [6, 6.07) is 12.6. The highest BCUT2D eigenvalue weighted by molar-refractivity contribution is 9.10. The molecule has 2 atom stereocenters. The van der Waals surface area contributed by atoms with Gasteiger partial charge in [0.2, 0.25) is 11.8 Å². The van der Waals surface area contributed by atoms with E-state index in [-0.39, 0.29) is 49.2 Å². The summed E-state index contributed by atoms with van der Waals surface area (Å²) in [6.45, 7) is 4.81. The van der Waals surface area contributed by atoms with Crippen molar-refractivity contribution >= 4 is 33.8 Å². The van der Waals surface area contributed by atoms with Crippen molar-refractivity contribution in [2.24, 2.45) is 5.92 Å². The summed E-state index contributed by atoms with van der Waals surface area (Å²) in [4.78, 5) is 43.5. The predicted molar refractivity (Wildman–Crippen MR) is 137 cm³/mol. The van der Waals surface area contributed by atoms with Crippen LogP contribution in [0.2, 0.25) is 0 Å². The molecule has 2 aliphatic rings. The van der Waals surface area contributed by atoms with Gasteiger partial charge in [-0.2, -0.15) is 0 Å². The SMILES string of the molecule is CC(C)C[C@H]1C(=O)N(Cc2cccc(Br)c2)C[C@H]2N1C(=O)CN(C)N2C(=O)NCc1ccc(F)cc1. The molecule has 0 bridgehead atoms. The van der Waals surface area contributed by atoms with E-state index in [1.807, 2.05) is 38.1 Å². The van der Waals surface area contributed by atoms with Crippen molar-refractivity contribution in [1.29, 1.82) is 0 Å². The number of likely N-dealkylation sites (N-methyl/N-ethyl adjacent to an activating group) is 1. The molecule has 0 spiro atoms. The largest absolute Gasteiger partial charge is 0.334 e. The first-order chi connectivity index (χ1) is 17.1. The number of halogens is 2. The van der Waals surface area contributed by atoms with E-state index in [2.05, 4.69) is 21.2 Å². The molecule has 2 fully saturated rings. The third kappa shape index (κ3) is 5.70. The zero-order valence-corrected chi connectivity index (χ0v) is 22.2. The van der Waals surface area contributed by atoms with Gasteiger partial charge in [-0.25, -0.2) is 19.2 Å². The second kappa shape index (κ2) is 11.0. The number of rotatable bonds is 6. The minimum absolute atomic E-state index is 0.00598. The summed E-state index contributed by atoms with van der Waals surface area (Å²) in [5.41, 5.74) is 1.71. The molecule has 8 nitrogen and oxygen atoms in total. The molecule has 36 heavy (non-hydrogen) atoms. The zero-order valence-electron chi connectivity index (χ0n) is 20.7. The molecule has 2 aliphatic heterocycles. The van der Waals surface area contributed by atoms with Crippen molar-refractivity contribution in [3.63, 3.8) is 0 Å². The molecule has 0 aromatic heterocycles. The van der Waals surface area contributed by atoms with Crippen molar-refractivity contribution in [3.8, 4) is 0 Å². The number of carbonyl (C=O) groups is 3.